The molecule has 0 aromatic heterocycles. The monoisotopic (exact) mass is 184 g/mol. The van der Waals surface area contributed by atoms with E-state index in [2.05, 4.69) is 10.6 Å². The summed E-state index contributed by atoms with van der Waals surface area (Å²) in [6.45, 7) is 2.98. The largest absolute Gasteiger partial charge is 0.366 e. The Hall–Kier alpha value is -0.610. The highest BCUT2D eigenvalue weighted by Crippen LogP contribution is 2.27. The summed E-state index contributed by atoms with van der Waals surface area (Å²) in [5.74, 6) is 0.777. The third-order valence-electron chi connectivity index (χ3n) is 2.48. The van der Waals surface area contributed by atoms with E-state index in [1.165, 1.54) is 12.8 Å². The third-order valence-corrected chi connectivity index (χ3v) is 2.48. The van der Waals surface area contributed by atoms with Crippen molar-refractivity contribution in [3.8, 4) is 0 Å². The third kappa shape index (κ3) is 2.67. The molecule has 1 saturated carbocycles. The summed E-state index contributed by atoms with van der Waals surface area (Å²) in [6, 6.07) is 0. The van der Waals surface area contributed by atoms with Crippen molar-refractivity contribution in [2.45, 2.75) is 18.9 Å². The summed E-state index contributed by atoms with van der Waals surface area (Å²) >= 11 is 0. The molecule has 2 fully saturated rings. The molecule has 0 radical (unpaired) electrons. The number of hydrogen-bond donors (Lipinski definition) is 2. The van der Waals surface area contributed by atoms with Crippen LogP contribution in [0.5, 0.6) is 0 Å². The van der Waals surface area contributed by atoms with Crippen molar-refractivity contribution in [3.05, 3.63) is 0 Å². The van der Waals surface area contributed by atoms with Crippen LogP contribution < -0.4 is 10.6 Å². The summed E-state index contributed by atoms with van der Waals surface area (Å²) < 4.78 is 5.32. The molecular formula is C9H16N2O2. The molecule has 13 heavy (non-hydrogen) atoms. The van der Waals surface area contributed by atoms with Gasteiger partial charge in [0.05, 0.1) is 6.61 Å². The van der Waals surface area contributed by atoms with Gasteiger partial charge in [-0.05, 0) is 18.8 Å². The van der Waals surface area contributed by atoms with Crippen LogP contribution in [0.15, 0.2) is 0 Å². The van der Waals surface area contributed by atoms with Gasteiger partial charge in [-0.2, -0.15) is 0 Å². The average molecular weight is 184 g/mol. The summed E-state index contributed by atoms with van der Waals surface area (Å²) in [7, 11) is 0. The van der Waals surface area contributed by atoms with E-state index >= 15 is 0 Å². The van der Waals surface area contributed by atoms with E-state index in [0.29, 0.717) is 13.2 Å². The summed E-state index contributed by atoms with van der Waals surface area (Å²) in [6.07, 6.45) is 2.26. The van der Waals surface area contributed by atoms with Gasteiger partial charge in [0, 0.05) is 19.6 Å². The van der Waals surface area contributed by atoms with Gasteiger partial charge in [0.1, 0.15) is 6.10 Å². The second kappa shape index (κ2) is 4.07. The van der Waals surface area contributed by atoms with Crippen molar-refractivity contribution in [3.63, 3.8) is 0 Å². The van der Waals surface area contributed by atoms with Gasteiger partial charge < -0.3 is 15.4 Å². The number of carbonyl (C=O) groups excluding carboxylic acids is 1. The molecule has 0 aromatic rings. The van der Waals surface area contributed by atoms with Gasteiger partial charge in [-0.1, -0.05) is 0 Å². The van der Waals surface area contributed by atoms with Gasteiger partial charge >= 0.3 is 0 Å². The fourth-order valence-electron chi connectivity index (χ4n) is 1.41. The lowest BCUT2D eigenvalue weighted by molar-refractivity contribution is -0.134. The summed E-state index contributed by atoms with van der Waals surface area (Å²) in [4.78, 5) is 11.5. The van der Waals surface area contributed by atoms with Gasteiger partial charge in [-0.25, -0.2) is 0 Å². The Bertz CT molecular complexity index is 186. The van der Waals surface area contributed by atoms with Crippen LogP contribution in [0.1, 0.15) is 12.8 Å². The molecule has 0 spiro atoms. The number of carbonyl (C=O) groups is 1. The normalized spacial score (nSPS) is 28.5. The fraction of sp³-hybridized carbons (Fsp3) is 0.889. The molecule has 4 heteroatoms. The van der Waals surface area contributed by atoms with Gasteiger partial charge in [-0.15, -0.1) is 0 Å². The molecule has 1 saturated heterocycles. The molecule has 2 rings (SSSR count). The quantitative estimate of drug-likeness (QED) is 0.622. The zero-order chi connectivity index (χ0) is 9.10. The van der Waals surface area contributed by atoms with Crippen LogP contribution in [0.4, 0.5) is 0 Å². The zero-order valence-electron chi connectivity index (χ0n) is 7.71. The molecule has 1 heterocycles. The van der Waals surface area contributed by atoms with E-state index in [1.54, 1.807) is 0 Å². The minimum atomic E-state index is -0.271. The Morgan fingerprint density at radius 2 is 2.38 bits per heavy atom. The van der Waals surface area contributed by atoms with Gasteiger partial charge in [0.15, 0.2) is 0 Å². The molecule has 4 nitrogen and oxygen atoms in total. The molecule has 2 aliphatic rings. The lowest BCUT2D eigenvalue weighted by Crippen LogP contribution is -2.48. The van der Waals surface area contributed by atoms with E-state index in [4.69, 9.17) is 4.74 Å². The standard InChI is InChI=1S/C9H16N2O2/c12-9(11-5-7-1-2-7)8-6-10-3-4-13-8/h7-8,10H,1-6H2,(H,11,12). The second-order valence-corrected chi connectivity index (χ2v) is 3.75. The van der Waals surface area contributed by atoms with Gasteiger partial charge in [-0.3, -0.25) is 4.79 Å². The topological polar surface area (TPSA) is 50.4 Å². The number of rotatable bonds is 3. The minimum Gasteiger partial charge on any atom is -0.366 e. The molecule has 2 N–H and O–H groups in total. The Labute approximate surface area is 78.0 Å². The molecule has 1 unspecified atom stereocenters. The average Bonchev–Trinajstić information content (AvgIpc) is 2.99. The van der Waals surface area contributed by atoms with Crippen molar-refractivity contribution < 1.29 is 9.53 Å². The van der Waals surface area contributed by atoms with Crippen LogP contribution in [0.25, 0.3) is 0 Å². The Morgan fingerprint density at radius 3 is 3.00 bits per heavy atom. The van der Waals surface area contributed by atoms with Crippen LogP contribution in [-0.4, -0.2) is 38.3 Å². The Morgan fingerprint density at radius 1 is 1.54 bits per heavy atom. The zero-order valence-corrected chi connectivity index (χ0v) is 7.71. The number of ether oxygens (including phenoxy) is 1. The molecule has 1 aliphatic carbocycles. The van der Waals surface area contributed by atoms with Gasteiger partial charge in [0.2, 0.25) is 5.91 Å². The SMILES string of the molecule is O=C(NCC1CC1)C1CNCCO1. The molecule has 1 atom stereocenters. The van der Waals surface area contributed by atoms with E-state index in [-0.39, 0.29) is 12.0 Å². The Kier molecular flexibility index (Phi) is 2.80. The molecule has 1 amide bonds. The van der Waals surface area contributed by atoms with Crippen LogP contribution in [-0.2, 0) is 9.53 Å². The van der Waals surface area contributed by atoms with Crippen LogP contribution in [0.3, 0.4) is 0 Å². The lowest BCUT2D eigenvalue weighted by atomic mass is 10.3. The van der Waals surface area contributed by atoms with Gasteiger partial charge in [0.25, 0.3) is 0 Å². The first-order valence-corrected chi connectivity index (χ1v) is 4.96. The smallest absolute Gasteiger partial charge is 0.250 e. The van der Waals surface area contributed by atoms with Crippen LogP contribution in [0.2, 0.25) is 0 Å². The number of morpholine rings is 1. The van der Waals surface area contributed by atoms with E-state index < -0.39 is 0 Å². The molecule has 74 valence electrons. The lowest BCUT2D eigenvalue weighted by Gasteiger charge is -2.22. The highest BCUT2D eigenvalue weighted by atomic mass is 16.5. The molecular weight excluding hydrogens is 168 g/mol. The second-order valence-electron chi connectivity index (χ2n) is 3.75. The minimum absolute atomic E-state index is 0.0408. The maximum absolute atomic E-state index is 11.5. The predicted octanol–water partition coefficient (Wildman–Crippen LogP) is -0.499. The first-order chi connectivity index (χ1) is 6.36. The number of nitrogens with one attached hydrogen (secondary N) is 2. The highest BCUT2D eigenvalue weighted by Gasteiger charge is 2.25. The number of amides is 1. The Balaban J connectivity index is 1.67. The maximum atomic E-state index is 11.5. The summed E-state index contributed by atoms with van der Waals surface area (Å²) in [5, 5.41) is 6.04. The summed E-state index contributed by atoms with van der Waals surface area (Å²) in [5.41, 5.74) is 0. The molecule has 0 aromatic carbocycles. The molecule has 1 aliphatic heterocycles. The predicted molar refractivity (Wildman–Crippen MR) is 48.3 cm³/mol. The van der Waals surface area contributed by atoms with E-state index in [9.17, 15) is 4.79 Å². The molecule has 0 bridgehead atoms. The fourth-order valence-corrected chi connectivity index (χ4v) is 1.41. The highest BCUT2D eigenvalue weighted by molar-refractivity contribution is 5.81. The van der Waals surface area contributed by atoms with E-state index in [0.717, 1.165) is 19.0 Å². The first-order valence-electron chi connectivity index (χ1n) is 4.96. The van der Waals surface area contributed by atoms with Crippen LogP contribution >= 0.6 is 0 Å². The van der Waals surface area contributed by atoms with Crippen molar-refractivity contribution >= 4 is 5.91 Å². The van der Waals surface area contributed by atoms with Crippen molar-refractivity contribution in [2.24, 2.45) is 5.92 Å². The van der Waals surface area contributed by atoms with Crippen molar-refractivity contribution in [1.82, 2.24) is 10.6 Å². The van der Waals surface area contributed by atoms with Crippen molar-refractivity contribution in [2.75, 3.05) is 26.2 Å². The van der Waals surface area contributed by atoms with Crippen LogP contribution in [0, 0.1) is 5.92 Å². The van der Waals surface area contributed by atoms with E-state index in [1.807, 2.05) is 0 Å². The van der Waals surface area contributed by atoms with Crippen molar-refractivity contribution in [1.29, 1.82) is 0 Å². The number of hydrogen-bond acceptors (Lipinski definition) is 3. The first kappa shape index (κ1) is 8.97. The maximum Gasteiger partial charge on any atom is 0.250 e.